The SMILES string of the molecule is COC(CNC(=O)CCn1c(C)c(C)[nH]c1=O)OC. The van der Waals surface area contributed by atoms with Crippen LogP contribution in [0.2, 0.25) is 0 Å². The number of nitrogens with zero attached hydrogens (tertiary/aromatic N) is 1. The van der Waals surface area contributed by atoms with Crippen LogP contribution in [0.5, 0.6) is 0 Å². The number of rotatable bonds is 7. The number of aryl methyl sites for hydroxylation is 1. The minimum atomic E-state index is -0.456. The first kappa shape index (κ1) is 15.5. The van der Waals surface area contributed by atoms with Gasteiger partial charge in [-0.3, -0.25) is 9.36 Å². The maximum atomic E-state index is 11.6. The Morgan fingerprint density at radius 2 is 2.00 bits per heavy atom. The Labute approximate surface area is 111 Å². The second kappa shape index (κ2) is 7.10. The van der Waals surface area contributed by atoms with Crippen molar-refractivity contribution in [1.29, 1.82) is 0 Å². The zero-order valence-corrected chi connectivity index (χ0v) is 11.8. The second-order valence-electron chi connectivity index (χ2n) is 4.25. The molecule has 0 aliphatic carbocycles. The minimum absolute atomic E-state index is 0.149. The number of hydrogen-bond acceptors (Lipinski definition) is 4. The highest BCUT2D eigenvalue weighted by atomic mass is 16.7. The Bertz CT molecular complexity index is 474. The molecule has 108 valence electrons. The van der Waals surface area contributed by atoms with Gasteiger partial charge in [-0.05, 0) is 13.8 Å². The number of nitrogens with one attached hydrogen (secondary N) is 2. The van der Waals surface area contributed by atoms with E-state index < -0.39 is 6.29 Å². The molecule has 2 N–H and O–H groups in total. The Balaban J connectivity index is 2.44. The molecule has 7 heteroatoms. The number of aromatic nitrogens is 2. The van der Waals surface area contributed by atoms with Gasteiger partial charge in [0, 0.05) is 38.6 Å². The largest absolute Gasteiger partial charge is 0.354 e. The van der Waals surface area contributed by atoms with Crippen molar-refractivity contribution in [1.82, 2.24) is 14.9 Å². The Hall–Kier alpha value is -1.60. The predicted molar refractivity (Wildman–Crippen MR) is 70.0 cm³/mol. The lowest BCUT2D eigenvalue weighted by atomic mass is 10.3. The highest BCUT2D eigenvalue weighted by molar-refractivity contribution is 5.75. The van der Waals surface area contributed by atoms with Crippen molar-refractivity contribution in [3.05, 3.63) is 21.9 Å². The molecule has 1 aromatic heterocycles. The van der Waals surface area contributed by atoms with Gasteiger partial charge in [0.1, 0.15) is 0 Å². The summed E-state index contributed by atoms with van der Waals surface area (Å²) < 4.78 is 11.5. The quantitative estimate of drug-likeness (QED) is 0.679. The molecule has 0 saturated heterocycles. The Kier molecular flexibility index (Phi) is 5.78. The fourth-order valence-electron chi connectivity index (χ4n) is 1.70. The molecule has 1 heterocycles. The van der Waals surface area contributed by atoms with Crippen LogP contribution in [-0.4, -0.2) is 42.5 Å². The van der Waals surface area contributed by atoms with Gasteiger partial charge >= 0.3 is 5.69 Å². The van der Waals surface area contributed by atoms with E-state index in [1.54, 1.807) is 4.57 Å². The average molecular weight is 271 g/mol. The summed E-state index contributed by atoms with van der Waals surface area (Å²) in [6, 6.07) is 0. The van der Waals surface area contributed by atoms with Gasteiger partial charge in [-0.1, -0.05) is 0 Å². The van der Waals surface area contributed by atoms with Gasteiger partial charge in [-0.15, -0.1) is 0 Å². The molecule has 0 unspecified atom stereocenters. The van der Waals surface area contributed by atoms with Crippen LogP contribution in [0.3, 0.4) is 0 Å². The fourth-order valence-corrected chi connectivity index (χ4v) is 1.70. The van der Waals surface area contributed by atoms with Crippen molar-refractivity contribution in [2.75, 3.05) is 20.8 Å². The van der Waals surface area contributed by atoms with E-state index in [1.807, 2.05) is 13.8 Å². The topological polar surface area (TPSA) is 85.4 Å². The van der Waals surface area contributed by atoms with Gasteiger partial charge in [0.25, 0.3) is 0 Å². The lowest BCUT2D eigenvalue weighted by molar-refractivity contribution is -0.127. The van der Waals surface area contributed by atoms with Crippen molar-refractivity contribution < 1.29 is 14.3 Å². The maximum absolute atomic E-state index is 11.6. The summed E-state index contributed by atoms with van der Waals surface area (Å²) in [5, 5.41) is 2.69. The highest BCUT2D eigenvalue weighted by Gasteiger charge is 2.10. The summed E-state index contributed by atoms with van der Waals surface area (Å²) in [4.78, 5) is 25.9. The predicted octanol–water partition coefficient (Wildman–Crippen LogP) is -0.0816. The van der Waals surface area contributed by atoms with Crippen molar-refractivity contribution in [3.8, 4) is 0 Å². The number of aromatic amines is 1. The molecule has 0 atom stereocenters. The number of methoxy groups -OCH3 is 2. The number of imidazole rings is 1. The van der Waals surface area contributed by atoms with E-state index in [1.165, 1.54) is 14.2 Å². The fraction of sp³-hybridized carbons (Fsp3) is 0.667. The Morgan fingerprint density at radius 1 is 1.37 bits per heavy atom. The number of ether oxygens (including phenoxy) is 2. The molecule has 1 amide bonds. The normalized spacial score (nSPS) is 11.0. The number of carbonyl (C=O) groups excluding carboxylic acids is 1. The highest BCUT2D eigenvalue weighted by Crippen LogP contribution is 2.01. The third kappa shape index (κ3) is 4.22. The van der Waals surface area contributed by atoms with Gasteiger partial charge < -0.3 is 19.8 Å². The second-order valence-corrected chi connectivity index (χ2v) is 4.25. The summed E-state index contributed by atoms with van der Waals surface area (Å²) in [5.74, 6) is -0.149. The van der Waals surface area contributed by atoms with Crippen LogP contribution in [0.15, 0.2) is 4.79 Å². The summed E-state index contributed by atoms with van der Waals surface area (Å²) >= 11 is 0. The van der Waals surface area contributed by atoms with Crippen LogP contribution in [0.4, 0.5) is 0 Å². The number of carbonyl (C=O) groups is 1. The third-order valence-corrected chi connectivity index (χ3v) is 3.04. The summed E-state index contributed by atoms with van der Waals surface area (Å²) in [6.45, 7) is 4.31. The van der Waals surface area contributed by atoms with Crippen LogP contribution in [0, 0.1) is 13.8 Å². The molecule has 0 aromatic carbocycles. The molecule has 0 aliphatic rings. The number of H-pyrrole nitrogens is 1. The van der Waals surface area contributed by atoms with Crippen LogP contribution in [0.1, 0.15) is 17.8 Å². The number of hydrogen-bond donors (Lipinski definition) is 2. The maximum Gasteiger partial charge on any atom is 0.325 e. The smallest absolute Gasteiger partial charge is 0.325 e. The molecule has 0 fully saturated rings. The van der Waals surface area contributed by atoms with Gasteiger partial charge in [0.05, 0.1) is 6.54 Å². The summed E-state index contributed by atoms with van der Waals surface area (Å²) in [5.41, 5.74) is 1.49. The number of amides is 1. The zero-order chi connectivity index (χ0) is 14.4. The molecule has 0 spiro atoms. The van der Waals surface area contributed by atoms with E-state index in [-0.39, 0.29) is 24.6 Å². The van der Waals surface area contributed by atoms with Gasteiger partial charge in [-0.25, -0.2) is 4.79 Å². The van der Waals surface area contributed by atoms with Crippen molar-refractivity contribution in [3.63, 3.8) is 0 Å². The van der Waals surface area contributed by atoms with Crippen molar-refractivity contribution in [2.45, 2.75) is 33.1 Å². The molecule has 19 heavy (non-hydrogen) atoms. The van der Waals surface area contributed by atoms with Crippen LogP contribution < -0.4 is 11.0 Å². The molecule has 1 aromatic rings. The zero-order valence-electron chi connectivity index (χ0n) is 11.8. The molecule has 0 bridgehead atoms. The first-order chi connectivity index (χ1) is 8.99. The molecule has 0 radical (unpaired) electrons. The Morgan fingerprint density at radius 3 is 2.47 bits per heavy atom. The standard InChI is InChI=1S/C12H21N3O4/c1-8-9(2)15(12(17)14-8)6-5-10(16)13-7-11(18-3)19-4/h11H,5-7H2,1-4H3,(H,13,16)(H,14,17). The van der Waals surface area contributed by atoms with E-state index in [0.29, 0.717) is 6.54 Å². The molecule has 1 rings (SSSR count). The molecular formula is C12H21N3O4. The molecule has 0 saturated carbocycles. The summed E-state index contributed by atoms with van der Waals surface area (Å²) in [7, 11) is 3.01. The molecule has 0 aliphatic heterocycles. The lowest BCUT2D eigenvalue weighted by Gasteiger charge is -2.14. The van der Waals surface area contributed by atoms with E-state index >= 15 is 0 Å². The van der Waals surface area contributed by atoms with Crippen LogP contribution in [0.25, 0.3) is 0 Å². The molecular weight excluding hydrogens is 250 g/mol. The first-order valence-corrected chi connectivity index (χ1v) is 6.07. The van der Waals surface area contributed by atoms with Crippen molar-refractivity contribution >= 4 is 5.91 Å². The minimum Gasteiger partial charge on any atom is -0.354 e. The van der Waals surface area contributed by atoms with Crippen molar-refractivity contribution in [2.24, 2.45) is 0 Å². The van der Waals surface area contributed by atoms with E-state index in [4.69, 9.17) is 9.47 Å². The third-order valence-electron chi connectivity index (χ3n) is 3.04. The van der Waals surface area contributed by atoms with Gasteiger partial charge in [0.2, 0.25) is 5.91 Å². The van der Waals surface area contributed by atoms with E-state index in [2.05, 4.69) is 10.3 Å². The molecule has 7 nitrogen and oxygen atoms in total. The van der Waals surface area contributed by atoms with E-state index in [9.17, 15) is 9.59 Å². The monoisotopic (exact) mass is 271 g/mol. The first-order valence-electron chi connectivity index (χ1n) is 6.07. The average Bonchev–Trinajstić information content (AvgIpc) is 2.62. The van der Waals surface area contributed by atoms with Gasteiger partial charge in [-0.2, -0.15) is 0 Å². The van der Waals surface area contributed by atoms with Crippen LogP contribution in [-0.2, 0) is 20.8 Å². The lowest BCUT2D eigenvalue weighted by Crippen LogP contribution is -2.35. The van der Waals surface area contributed by atoms with Crippen LogP contribution >= 0.6 is 0 Å². The van der Waals surface area contributed by atoms with Gasteiger partial charge in [0.15, 0.2) is 6.29 Å². The van der Waals surface area contributed by atoms with E-state index in [0.717, 1.165) is 11.4 Å². The summed E-state index contributed by atoms with van der Waals surface area (Å²) in [6.07, 6.45) is -0.221.